The molecule has 4 rings (SSSR count). The summed E-state index contributed by atoms with van der Waals surface area (Å²) < 4.78 is 3.21. The molecule has 2 heterocycles. The standard InChI is InChI=1S/C14H14N4OS2/c1-8(12(19)15-9-6-7-9)20-13-16-17-14-18(13)10-4-2-3-5-11(10)21-14/h2-5,8-9H,6-7H2,1H3,(H,15,19). The van der Waals surface area contributed by atoms with Crippen LogP contribution in [0, 0.1) is 0 Å². The molecule has 21 heavy (non-hydrogen) atoms. The molecular weight excluding hydrogens is 304 g/mol. The van der Waals surface area contributed by atoms with E-state index in [1.165, 1.54) is 16.5 Å². The van der Waals surface area contributed by atoms with Crippen LogP contribution >= 0.6 is 23.1 Å². The molecule has 7 heteroatoms. The summed E-state index contributed by atoms with van der Waals surface area (Å²) in [5.74, 6) is 0.0822. The molecule has 1 atom stereocenters. The van der Waals surface area contributed by atoms with Crippen LogP contribution in [0.2, 0.25) is 0 Å². The van der Waals surface area contributed by atoms with Crippen LogP contribution in [-0.4, -0.2) is 31.8 Å². The highest BCUT2D eigenvalue weighted by Gasteiger charge is 2.27. The van der Waals surface area contributed by atoms with Crippen molar-refractivity contribution in [2.24, 2.45) is 0 Å². The van der Waals surface area contributed by atoms with Gasteiger partial charge in [-0.2, -0.15) is 0 Å². The zero-order chi connectivity index (χ0) is 14.4. The van der Waals surface area contributed by atoms with Crippen LogP contribution in [0.3, 0.4) is 0 Å². The second-order valence-corrected chi connectivity index (χ2v) is 7.53. The molecule has 1 amide bonds. The van der Waals surface area contributed by atoms with Crippen molar-refractivity contribution in [3.63, 3.8) is 0 Å². The Morgan fingerprint density at radius 1 is 1.43 bits per heavy atom. The summed E-state index contributed by atoms with van der Waals surface area (Å²) in [6.45, 7) is 1.91. The van der Waals surface area contributed by atoms with Crippen LogP contribution in [0.25, 0.3) is 15.2 Å². The fourth-order valence-electron chi connectivity index (χ4n) is 2.19. The number of thioether (sulfide) groups is 1. The van der Waals surface area contributed by atoms with Crippen LogP contribution < -0.4 is 5.32 Å². The number of nitrogens with one attached hydrogen (secondary N) is 1. The number of benzene rings is 1. The third-order valence-electron chi connectivity index (χ3n) is 3.49. The van der Waals surface area contributed by atoms with Crippen molar-refractivity contribution in [3.05, 3.63) is 24.3 Å². The monoisotopic (exact) mass is 318 g/mol. The number of hydrogen-bond acceptors (Lipinski definition) is 5. The molecule has 1 aromatic carbocycles. The summed E-state index contributed by atoms with van der Waals surface area (Å²) in [5.41, 5.74) is 1.10. The topological polar surface area (TPSA) is 59.3 Å². The molecule has 0 radical (unpaired) electrons. The molecule has 1 unspecified atom stereocenters. The Hall–Kier alpha value is -1.60. The lowest BCUT2D eigenvalue weighted by atomic mass is 10.3. The molecule has 108 valence electrons. The summed E-state index contributed by atoms with van der Waals surface area (Å²) in [6.07, 6.45) is 2.21. The molecular formula is C14H14N4OS2. The van der Waals surface area contributed by atoms with Crippen molar-refractivity contribution in [3.8, 4) is 0 Å². The van der Waals surface area contributed by atoms with E-state index >= 15 is 0 Å². The molecule has 3 aromatic rings. The molecule has 1 aliphatic rings. The SMILES string of the molecule is CC(Sc1nnc2sc3ccccc3n12)C(=O)NC1CC1. The highest BCUT2D eigenvalue weighted by atomic mass is 32.2. The van der Waals surface area contributed by atoms with Gasteiger partial charge in [-0.05, 0) is 31.9 Å². The van der Waals surface area contributed by atoms with Crippen molar-refractivity contribution in [1.82, 2.24) is 19.9 Å². The second kappa shape index (κ2) is 4.99. The number of nitrogens with zero attached hydrogens (tertiary/aromatic N) is 3. The van der Waals surface area contributed by atoms with Crippen molar-refractivity contribution in [2.45, 2.75) is 36.2 Å². The third kappa shape index (κ3) is 2.40. The number of aromatic nitrogens is 3. The number of carbonyl (C=O) groups excluding carboxylic acids is 1. The molecule has 0 aliphatic heterocycles. The minimum Gasteiger partial charge on any atom is -0.352 e. The van der Waals surface area contributed by atoms with Gasteiger partial charge in [-0.1, -0.05) is 35.2 Å². The molecule has 5 nitrogen and oxygen atoms in total. The molecule has 0 saturated heterocycles. The van der Waals surface area contributed by atoms with Crippen LogP contribution in [0.15, 0.2) is 29.4 Å². The average molecular weight is 318 g/mol. The van der Waals surface area contributed by atoms with Crippen molar-refractivity contribution < 1.29 is 4.79 Å². The maximum Gasteiger partial charge on any atom is 0.233 e. The molecule has 2 aromatic heterocycles. The predicted molar refractivity (Wildman–Crippen MR) is 84.9 cm³/mol. The maximum absolute atomic E-state index is 12.1. The van der Waals surface area contributed by atoms with E-state index in [0.717, 1.165) is 28.5 Å². The van der Waals surface area contributed by atoms with Gasteiger partial charge in [-0.25, -0.2) is 0 Å². The molecule has 1 saturated carbocycles. The van der Waals surface area contributed by atoms with Gasteiger partial charge in [0.25, 0.3) is 0 Å². The predicted octanol–water partition coefficient (Wildman–Crippen LogP) is 2.70. The zero-order valence-electron chi connectivity index (χ0n) is 11.4. The first kappa shape index (κ1) is 13.1. The minimum atomic E-state index is -0.170. The van der Waals surface area contributed by atoms with E-state index in [0.29, 0.717) is 6.04 Å². The fourth-order valence-corrected chi connectivity index (χ4v) is 4.08. The van der Waals surface area contributed by atoms with E-state index in [1.54, 1.807) is 11.3 Å². The minimum absolute atomic E-state index is 0.0822. The maximum atomic E-state index is 12.1. The van der Waals surface area contributed by atoms with Gasteiger partial charge < -0.3 is 5.32 Å². The van der Waals surface area contributed by atoms with Gasteiger partial charge in [0.1, 0.15) is 0 Å². The number of hydrogen-bond donors (Lipinski definition) is 1. The van der Waals surface area contributed by atoms with Gasteiger partial charge in [-0.15, -0.1) is 10.2 Å². The summed E-state index contributed by atoms with van der Waals surface area (Å²) in [5, 5.41) is 12.1. The first-order valence-electron chi connectivity index (χ1n) is 6.92. The Balaban J connectivity index is 1.64. The second-order valence-electron chi connectivity index (χ2n) is 5.21. The van der Waals surface area contributed by atoms with Gasteiger partial charge >= 0.3 is 0 Å². The molecule has 1 fully saturated rings. The van der Waals surface area contributed by atoms with Crippen molar-refractivity contribution in [2.75, 3.05) is 0 Å². The number of amides is 1. The Morgan fingerprint density at radius 2 is 2.24 bits per heavy atom. The lowest BCUT2D eigenvalue weighted by Crippen LogP contribution is -2.32. The zero-order valence-corrected chi connectivity index (χ0v) is 13.1. The van der Waals surface area contributed by atoms with Crippen molar-refractivity contribution in [1.29, 1.82) is 0 Å². The van der Waals surface area contributed by atoms with Gasteiger partial charge in [0, 0.05) is 6.04 Å². The smallest absolute Gasteiger partial charge is 0.233 e. The van der Waals surface area contributed by atoms with Crippen molar-refractivity contribution >= 4 is 44.2 Å². The lowest BCUT2D eigenvalue weighted by molar-refractivity contribution is -0.120. The van der Waals surface area contributed by atoms with Crippen LogP contribution in [-0.2, 0) is 4.79 Å². The van der Waals surface area contributed by atoms with Gasteiger partial charge in [0.15, 0.2) is 5.16 Å². The average Bonchev–Trinajstić information content (AvgIpc) is 3.09. The van der Waals surface area contributed by atoms with Gasteiger partial charge in [0.2, 0.25) is 10.9 Å². The summed E-state index contributed by atoms with van der Waals surface area (Å²) in [7, 11) is 0. The molecule has 0 spiro atoms. The normalized spacial score (nSPS) is 16.4. The Labute approximate surface area is 129 Å². The highest BCUT2D eigenvalue weighted by Crippen LogP contribution is 2.31. The van der Waals surface area contributed by atoms with Crippen LogP contribution in [0.1, 0.15) is 19.8 Å². The molecule has 1 N–H and O–H groups in total. The summed E-state index contributed by atoms with van der Waals surface area (Å²) in [6, 6.07) is 8.55. The van der Waals surface area contributed by atoms with Crippen LogP contribution in [0.4, 0.5) is 0 Å². The van der Waals surface area contributed by atoms with Gasteiger partial charge in [-0.3, -0.25) is 9.20 Å². The highest BCUT2D eigenvalue weighted by molar-refractivity contribution is 8.00. The fraction of sp³-hybridized carbons (Fsp3) is 0.357. The number of para-hydroxylation sites is 1. The number of fused-ring (bicyclic) bond motifs is 3. The molecule has 0 bridgehead atoms. The third-order valence-corrected chi connectivity index (χ3v) is 5.54. The van der Waals surface area contributed by atoms with E-state index in [9.17, 15) is 4.79 Å². The molecule has 1 aliphatic carbocycles. The largest absolute Gasteiger partial charge is 0.352 e. The summed E-state index contributed by atoms with van der Waals surface area (Å²) in [4.78, 5) is 12.9. The number of rotatable bonds is 4. The Kier molecular flexibility index (Phi) is 3.11. The Morgan fingerprint density at radius 3 is 3.05 bits per heavy atom. The number of thiazole rings is 1. The first-order valence-corrected chi connectivity index (χ1v) is 8.61. The van der Waals surface area contributed by atoms with E-state index in [2.05, 4.69) is 27.6 Å². The quantitative estimate of drug-likeness (QED) is 0.751. The van der Waals surface area contributed by atoms with E-state index in [4.69, 9.17) is 0 Å². The first-order chi connectivity index (χ1) is 10.2. The van der Waals surface area contributed by atoms with Gasteiger partial charge in [0.05, 0.1) is 15.5 Å². The van der Waals surface area contributed by atoms with Crippen LogP contribution in [0.5, 0.6) is 0 Å². The Bertz CT molecular complexity index is 821. The summed E-state index contributed by atoms with van der Waals surface area (Å²) >= 11 is 3.08. The van der Waals surface area contributed by atoms with E-state index < -0.39 is 0 Å². The number of carbonyl (C=O) groups is 1. The van der Waals surface area contributed by atoms with E-state index in [-0.39, 0.29) is 11.2 Å². The van der Waals surface area contributed by atoms with E-state index in [1.807, 2.05) is 23.5 Å². The lowest BCUT2D eigenvalue weighted by Gasteiger charge is -2.09.